The number of nitrogens with one attached hydrogen (secondary N) is 1. The van der Waals surface area contributed by atoms with E-state index in [1.165, 1.54) is 12.5 Å². The Bertz CT molecular complexity index is 635. The van der Waals surface area contributed by atoms with Crippen molar-refractivity contribution in [3.63, 3.8) is 0 Å². The van der Waals surface area contributed by atoms with Gasteiger partial charge in [-0.25, -0.2) is 0 Å². The average molecular weight is 374 g/mol. The molecule has 6 nitrogen and oxygen atoms in total. The predicted octanol–water partition coefficient (Wildman–Crippen LogP) is 2.22. The lowest BCUT2D eigenvalue weighted by Gasteiger charge is -2.50. The van der Waals surface area contributed by atoms with E-state index < -0.39 is 12.1 Å². The Labute approximate surface area is 161 Å². The van der Waals surface area contributed by atoms with Crippen LogP contribution in [0.5, 0.6) is 0 Å². The van der Waals surface area contributed by atoms with Crippen molar-refractivity contribution in [2.24, 2.45) is 0 Å². The van der Waals surface area contributed by atoms with Gasteiger partial charge in [-0.2, -0.15) is 0 Å². The summed E-state index contributed by atoms with van der Waals surface area (Å²) in [5.41, 5.74) is 1.36. The number of ether oxygens (including phenoxy) is 2. The number of nitrogens with zero attached hydrogens (tertiary/aromatic N) is 1. The van der Waals surface area contributed by atoms with E-state index in [1.807, 2.05) is 0 Å². The number of carbonyl (C=O) groups is 2. The van der Waals surface area contributed by atoms with Crippen molar-refractivity contribution in [1.29, 1.82) is 0 Å². The van der Waals surface area contributed by atoms with Crippen LogP contribution in [0, 0.1) is 0 Å². The van der Waals surface area contributed by atoms with Crippen molar-refractivity contribution in [1.82, 2.24) is 10.2 Å². The van der Waals surface area contributed by atoms with Crippen LogP contribution < -0.4 is 5.32 Å². The molecule has 1 heterocycles. The maximum Gasteiger partial charge on any atom is 0.303 e. The highest BCUT2D eigenvalue weighted by Crippen LogP contribution is 2.42. The van der Waals surface area contributed by atoms with Crippen LogP contribution in [0.3, 0.4) is 0 Å². The molecule has 3 rings (SSSR count). The molecule has 1 N–H and O–H groups in total. The fraction of sp³-hybridized carbons (Fsp3) is 0.619. The van der Waals surface area contributed by atoms with Crippen molar-refractivity contribution in [3.05, 3.63) is 35.9 Å². The van der Waals surface area contributed by atoms with Crippen molar-refractivity contribution in [3.8, 4) is 0 Å². The minimum Gasteiger partial charge on any atom is -0.453 e. The summed E-state index contributed by atoms with van der Waals surface area (Å²) in [6.45, 7) is 6.36. The Hall–Kier alpha value is -1.92. The van der Waals surface area contributed by atoms with Crippen LogP contribution in [0.4, 0.5) is 0 Å². The lowest BCUT2D eigenvalue weighted by atomic mass is 9.73. The highest BCUT2D eigenvalue weighted by atomic mass is 16.5. The Morgan fingerprint density at radius 1 is 1.19 bits per heavy atom. The van der Waals surface area contributed by atoms with E-state index in [-0.39, 0.29) is 17.5 Å². The molecule has 1 amide bonds. The minimum absolute atomic E-state index is 0.00771. The molecule has 2 aliphatic rings. The fourth-order valence-electron chi connectivity index (χ4n) is 4.39. The number of rotatable bonds is 5. The third kappa shape index (κ3) is 4.68. The quantitative estimate of drug-likeness (QED) is 0.801. The van der Waals surface area contributed by atoms with E-state index in [1.54, 1.807) is 6.92 Å². The van der Waals surface area contributed by atoms with E-state index in [2.05, 4.69) is 40.5 Å². The standard InChI is InChI=1S/C21H30N2O4/c1-16(27-17(2)24)20(25)22-19-8-10-21(11-9-19,18-6-4-3-5-7-18)23-12-14-26-15-13-23/h3-7,16,19H,8-15H2,1-2H3,(H,22,25). The zero-order valence-corrected chi connectivity index (χ0v) is 16.3. The van der Waals surface area contributed by atoms with Crippen LogP contribution >= 0.6 is 0 Å². The van der Waals surface area contributed by atoms with Gasteiger partial charge in [0, 0.05) is 31.6 Å². The van der Waals surface area contributed by atoms with Crippen molar-refractivity contribution < 1.29 is 19.1 Å². The average Bonchev–Trinajstić information content (AvgIpc) is 2.69. The number of benzene rings is 1. The summed E-state index contributed by atoms with van der Waals surface area (Å²) in [5.74, 6) is -0.648. The van der Waals surface area contributed by atoms with Crippen molar-refractivity contribution in [2.45, 2.75) is 57.2 Å². The SMILES string of the molecule is CC(=O)OC(C)C(=O)NC1CCC(c2ccccc2)(N2CCOCC2)CC1. The first kappa shape index (κ1) is 19.8. The molecule has 27 heavy (non-hydrogen) atoms. The number of amides is 1. The Morgan fingerprint density at radius 2 is 1.81 bits per heavy atom. The lowest BCUT2D eigenvalue weighted by Crippen LogP contribution is -2.55. The molecular weight excluding hydrogens is 344 g/mol. The highest BCUT2D eigenvalue weighted by Gasteiger charge is 2.42. The molecule has 0 spiro atoms. The van der Waals surface area contributed by atoms with Gasteiger partial charge in [-0.05, 0) is 38.2 Å². The smallest absolute Gasteiger partial charge is 0.303 e. The number of hydrogen-bond donors (Lipinski definition) is 1. The van der Waals surface area contributed by atoms with Gasteiger partial charge in [-0.15, -0.1) is 0 Å². The van der Waals surface area contributed by atoms with Gasteiger partial charge in [0.05, 0.1) is 13.2 Å². The van der Waals surface area contributed by atoms with Crippen LogP contribution in [-0.2, 0) is 24.6 Å². The molecule has 6 heteroatoms. The molecule has 0 radical (unpaired) electrons. The number of carbonyl (C=O) groups excluding carboxylic acids is 2. The monoisotopic (exact) mass is 374 g/mol. The van der Waals surface area contributed by atoms with Gasteiger partial charge in [0.15, 0.2) is 6.10 Å². The normalized spacial score (nSPS) is 27.6. The third-order valence-corrected chi connectivity index (χ3v) is 5.80. The maximum atomic E-state index is 12.3. The van der Waals surface area contributed by atoms with Crippen molar-refractivity contribution in [2.75, 3.05) is 26.3 Å². The van der Waals surface area contributed by atoms with Gasteiger partial charge in [0.2, 0.25) is 0 Å². The second kappa shape index (κ2) is 8.85. The van der Waals surface area contributed by atoms with Gasteiger partial charge in [-0.3, -0.25) is 14.5 Å². The maximum absolute atomic E-state index is 12.3. The fourth-order valence-corrected chi connectivity index (χ4v) is 4.39. The van der Waals surface area contributed by atoms with E-state index in [9.17, 15) is 9.59 Å². The zero-order chi connectivity index (χ0) is 19.3. The molecule has 1 aromatic carbocycles. The Balaban J connectivity index is 1.67. The molecule has 1 atom stereocenters. The molecule has 1 aliphatic heterocycles. The first-order valence-electron chi connectivity index (χ1n) is 9.87. The summed E-state index contributed by atoms with van der Waals surface area (Å²) in [4.78, 5) is 25.9. The first-order valence-corrected chi connectivity index (χ1v) is 9.87. The van der Waals surface area contributed by atoms with Crippen LogP contribution in [0.15, 0.2) is 30.3 Å². The van der Waals surface area contributed by atoms with Crippen LogP contribution in [0.2, 0.25) is 0 Å². The van der Waals surface area contributed by atoms with Gasteiger partial charge in [0.1, 0.15) is 0 Å². The molecule has 0 bridgehead atoms. The summed E-state index contributed by atoms with van der Waals surface area (Å²) < 4.78 is 10.5. The molecular formula is C21H30N2O4. The molecule has 1 saturated carbocycles. The topological polar surface area (TPSA) is 67.9 Å². The van der Waals surface area contributed by atoms with Crippen LogP contribution in [-0.4, -0.2) is 55.2 Å². The van der Waals surface area contributed by atoms with Crippen LogP contribution in [0.25, 0.3) is 0 Å². The molecule has 1 aliphatic carbocycles. The first-order chi connectivity index (χ1) is 13.0. The van der Waals surface area contributed by atoms with Gasteiger partial charge in [-0.1, -0.05) is 30.3 Å². The number of esters is 1. The number of morpholine rings is 1. The zero-order valence-electron chi connectivity index (χ0n) is 16.3. The molecule has 148 valence electrons. The largest absolute Gasteiger partial charge is 0.453 e. The Morgan fingerprint density at radius 3 is 2.41 bits per heavy atom. The number of hydrogen-bond acceptors (Lipinski definition) is 5. The van der Waals surface area contributed by atoms with Crippen molar-refractivity contribution >= 4 is 11.9 Å². The van der Waals surface area contributed by atoms with Gasteiger partial charge >= 0.3 is 5.97 Å². The van der Waals surface area contributed by atoms with Gasteiger partial charge < -0.3 is 14.8 Å². The van der Waals surface area contributed by atoms with E-state index in [0.29, 0.717) is 0 Å². The summed E-state index contributed by atoms with van der Waals surface area (Å²) in [7, 11) is 0. The second-order valence-electron chi connectivity index (χ2n) is 7.53. The molecule has 1 aromatic rings. The molecule has 1 saturated heterocycles. The summed E-state index contributed by atoms with van der Waals surface area (Å²) in [6.07, 6.45) is 3.05. The van der Waals surface area contributed by atoms with E-state index >= 15 is 0 Å². The lowest BCUT2D eigenvalue weighted by molar-refractivity contribution is -0.153. The third-order valence-electron chi connectivity index (χ3n) is 5.80. The summed E-state index contributed by atoms with van der Waals surface area (Å²) in [5, 5.41) is 3.06. The van der Waals surface area contributed by atoms with Crippen LogP contribution in [0.1, 0.15) is 45.1 Å². The highest BCUT2D eigenvalue weighted by molar-refractivity contribution is 5.83. The Kier molecular flexibility index (Phi) is 6.50. The molecule has 1 unspecified atom stereocenters. The van der Waals surface area contributed by atoms with Gasteiger partial charge in [0.25, 0.3) is 5.91 Å². The summed E-state index contributed by atoms with van der Waals surface area (Å²) >= 11 is 0. The van der Waals surface area contributed by atoms with E-state index in [0.717, 1.165) is 52.0 Å². The summed E-state index contributed by atoms with van der Waals surface area (Å²) in [6, 6.07) is 10.8. The molecule has 0 aromatic heterocycles. The molecule has 2 fully saturated rings. The minimum atomic E-state index is -0.748. The van der Waals surface area contributed by atoms with E-state index in [4.69, 9.17) is 9.47 Å². The predicted molar refractivity (Wildman–Crippen MR) is 102 cm³/mol. The second-order valence-corrected chi connectivity index (χ2v) is 7.53.